The molecule has 0 spiro atoms. The van der Waals surface area contributed by atoms with Crippen LogP contribution >= 0.6 is 15.9 Å². The molecule has 0 amide bonds. The first-order valence-electron chi connectivity index (χ1n) is 4.11. The third kappa shape index (κ3) is 3.49. The quantitative estimate of drug-likeness (QED) is 0.859. The summed E-state index contributed by atoms with van der Waals surface area (Å²) < 4.78 is 5.81. The van der Waals surface area contributed by atoms with Crippen molar-refractivity contribution in [2.45, 2.75) is 12.5 Å². The van der Waals surface area contributed by atoms with E-state index in [0.717, 1.165) is 4.47 Å². The summed E-state index contributed by atoms with van der Waals surface area (Å²) in [5.74, 6) is -0.934. The Morgan fingerprint density at radius 3 is 2.87 bits per heavy atom. The number of hydrogen-bond donors (Lipinski definition) is 2. The minimum atomic E-state index is -1.90. The summed E-state index contributed by atoms with van der Waals surface area (Å²) in [4.78, 5) is 14.4. The van der Waals surface area contributed by atoms with Crippen molar-refractivity contribution in [1.82, 2.24) is 4.98 Å². The van der Waals surface area contributed by atoms with Gasteiger partial charge in [-0.2, -0.15) is 0 Å². The number of hydrogen-bond acceptors (Lipinski definition) is 4. The molecule has 0 aromatic carbocycles. The maximum Gasteiger partial charge on any atom is 0.339 e. The van der Waals surface area contributed by atoms with Gasteiger partial charge in [0.1, 0.15) is 12.4 Å². The maximum atomic E-state index is 10.6. The number of pyridine rings is 1. The van der Waals surface area contributed by atoms with Gasteiger partial charge in [-0.05, 0) is 28.9 Å². The standard InChI is InChI=1S/C9H10BrNO4/c1-9(14,8(12)13)5-15-7-2-6(10)3-11-4-7/h2-4,14H,5H2,1H3,(H,12,13). The molecule has 0 aliphatic carbocycles. The van der Waals surface area contributed by atoms with E-state index in [2.05, 4.69) is 20.9 Å². The van der Waals surface area contributed by atoms with E-state index in [1.807, 2.05) is 0 Å². The minimum absolute atomic E-state index is 0.333. The molecule has 0 fully saturated rings. The van der Waals surface area contributed by atoms with Crippen molar-refractivity contribution in [2.75, 3.05) is 6.61 Å². The number of nitrogens with zero attached hydrogens (tertiary/aromatic N) is 1. The second kappa shape index (κ2) is 4.59. The van der Waals surface area contributed by atoms with E-state index < -0.39 is 11.6 Å². The lowest BCUT2D eigenvalue weighted by atomic mass is 10.1. The summed E-state index contributed by atoms with van der Waals surface area (Å²) in [7, 11) is 0. The van der Waals surface area contributed by atoms with Crippen molar-refractivity contribution in [2.24, 2.45) is 0 Å². The zero-order chi connectivity index (χ0) is 11.5. The third-order valence-corrected chi connectivity index (χ3v) is 2.09. The molecule has 0 saturated carbocycles. The van der Waals surface area contributed by atoms with Gasteiger partial charge in [0, 0.05) is 10.7 Å². The zero-order valence-electron chi connectivity index (χ0n) is 7.98. The van der Waals surface area contributed by atoms with Crippen LogP contribution < -0.4 is 4.74 Å². The Labute approximate surface area is 94.8 Å². The lowest BCUT2D eigenvalue weighted by Gasteiger charge is -2.18. The van der Waals surface area contributed by atoms with E-state index in [4.69, 9.17) is 9.84 Å². The Kier molecular flexibility index (Phi) is 3.65. The molecule has 2 N–H and O–H groups in total. The fourth-order valence-electron chi connectivity index (χ4n) is 0.757. The molecule has 5 nitrogen and oxygen atoms in total. The summed E-state index contributed by atoms with van der Waals surface area (Å²) >= 11 is 3.19. The molecule has 1 unspecified atom stereocenters. The number of halogens is 1. The Balaban J connectivity index is 2.61. The predicted octanol–water partition coefficient (Wildman–Crippen LogP) is 1.06. The average molecular weight is 276 g/mol. The number of carboxylic acids is 1. The fraction of sp³-hybridized carbons (Fsp3) is 0.333. The molecule has 0 saturated heterocycles. The highest BCUT2D eigenvalue weighted by molar-refractivity contribution is 9.10. The molecule has 0 aliphatic heterocycles. The summed E-state index contributed by atoms with van der Waals surface area (Å²) in [6.07, 6.45) is 3.00. The first-order chi connectivity index (χ1) is 6.92. The van der Waals surface area contributed by atoms with Crippen LogP contribution in [0, 0.1) is 0 Å². The van der Waals surface area contributed by atoms with E-state index in [9.17, 15) is 9.90 Å². The lowest BCUT2D eigenvalue weighted by Crippen LogP contribution is -2.41. The van der Waals surface area contributed by atoms with Gasteiger partial charge in [-0.25, -0.2) is 4.79 Å². The number of carbonyl (C=O) groups is 1. The fourth-order valence-corrected chi connectivity index (χ4v) is 1.10. The van der Waals surface area contributed by atoms with Crippen LogP contribution in [0.2, 0.25) is 0 Å². The highest BCUT2D eigenvalue weighted by atomic mass is 79.9. The van der Waals surface area contributed by atoms with Gasteiger partial charge in [0.15, 0.2) is 5.60 Å². The molecule has 1 rings (SSSR count). The second-order valence-corrected chi connectivity index (χ2v) is 4.12. The largest absolute Gasteiger partial charge is 0.488 e. The third-order valence-electron chi connectivity index (χ3n) is 1.66. The first kappa shape index (κ1) is 11.9. The maximum absolute atomic E-state index is 10.6. The van der Waals surface area contributed by atoms with Crippen molar-refractivity contribution in [3.63, 3.8) is 0 Å². The predicted molar refractivity (Wildman–Crippen MR) is 55.7 cm³/mol. The number of rotatable bonds is 4. The van der Waals surface area contributed by atoms with E-state index >= 15 is 0 Å². The number of carboxylic acid groups (broad SMARTS) is 1. The van der Waals surface area contributed by atoms with E-state index in [-0.39, 0.29) is 6.61 Å². The lowest BCUT2D eigenvalue weighted by molar-refractivity contribution is -0.159. The molecule has 0 aliphatic rings. The van der Waals surface area contributed by atoms with Gasteiger partial charge in [0.25, 0.3) is 0 Å². The number of aliphatic carboxylic acids is 1. The van der Waals surface area contributed by atoms with E-state index in [0.29, 0.717) is 5.75 Å². The normalized spacial score (nSPS) is 14.3. The molecule has 1 heterocycles. The van der Waals surface area contributed by atoms with Crippen LogP contribution in [-0.2, 0) is 4.79 Å². The van der Waals surface area contributed by atoms with Crippen molar-refractivity contribution in [3.8, 4) is 5.75 Å². The average Bonchev–Trinajstić information content (AvgIpc) is 2.15. The summed E-state index contributed by atoms with van der Waals surface area (Å²) in [5.41, 5.74) is -1.90. The van der Waals surface area contributed by atoms with Crippen molar-refractivity contribution in [1.29, 1.82) is 0 Å². The molecule has 1 aromatic rings. The molecule has 15 heavy (non-hydrogen) atoms. The molecular formula is C9H10BrNO4. The van der Waals surface area contributed by atoms with Gasteiger partial charge in [-0.1, -0.05) is 0 Å². The molecule has 82 valence electrons. The molecule has 0 bridgehead atoms. The highest BCUT2D eigenvalue weighted by Crippen LogP contribution is 2.17. The topological polar surface area (TPSA) is 79.7 Å². The van der Waals surface area contributed by atoms with Gasteiger partial charge in [-0.15, -0.1) is 0 Å². The SMILES string of the molecule is CC(O)(COc1cncc(Br)c1)C(=O)O. The molecule has 6 heteroatoms. The summed E-state index contributed by atoms with van der Waals surface area (Å²) in [6, 6.07) is 1.63. The molecular weight excluding hydrogens is 266 g/mol. The number of aromatic nitrogens is 1. The zero-order valence-corrected chi connectivity index (χ0v) is 9.56. The molecule has 1 atom stereocenters. The number of aliphatic hydroxyl groups is 1. The number of ether oxygens (including phenoxy) is 1. The van der Waals surface area contributed by atoms with Gasteiger partial charge >= 0.3 is 5.97 Å². The molecule has 1 aromatic heterocycles. The van der Waals surface area contributed by atoms with E-state index in [1.54, 1.807) is 12.3 Å². The van der Waals surface area contributed by atoms with E-state index in [1.165, 1.54) is 13.1 Å². The highest BCUT2D eigenvalue weighted by Gasteiger charge is 2.30. The van der Waals surface area contributed by atoms with Crippen molar-refractivity contribution in [3.05, 3.63) is 22.9 Å². The summed E-state index contributed by atoms with van der Waals surface area (Å²) in [5, 5.41) is 18.0. The van der Waals surface area contributed by atoms with Crippen LogP contribution in [0.25, 0.3) is 0 Å². The van der Waals surface area contributed by atoms with Crippen molar-refractivity contribution < 1.29 is 19.7 Å². The van der Waals surface area contributed by atoms with Crippen LogP contribution in [0.1, 0.15) is 6.92 Å². The van der Waals surface area contributed by atoms with Gasteiger partial charge < -0.3 is 14.9 Å². The second-order valence-electron chi connectivity index (χ2n) is 3.21. The molecule has 0 radical (unpaired) electrons. The Hall–Kier alpha value is -1.14. The first-order valence-corrected chi connectivity index (χ1v) is 4.90. The van der Waals surface area contributed by atoms with Crippen LogP contribution in [0.5, 0.6) is 5.75 Å². The Bertz CT molecular complexity index is 367. The monoisotopic (exact) mass is 275 g/mol. The Morgan fingerprint density at radius 1 is 1.67 bits per heavy atom. The van der Waals surface area contributed by atoms with Gasteiger partial charge in [-0.3, -0.25) is 4.98 Å². The van der Waals surface area contributed by atoms with Crippen LogP contribution in [-0.4, -0.2) is 33.4 Å². The van der Waals surface area contributed by atoms with Crippen LogP contribution in [0.3, 0.4) is 0 Å². The summed E-state index contributed by atoms with van der Waals surface area (Å²) in [6.45, 7) is 0.835. The van der Waals surface area contributed by atoms with Gasteiger partial charge in [0.05, 0.1) is 6.20 Å². The van der Waals surface area contributed by atoms with Crippen molar-refractivity contribution >= 4 is 21.9 Å². The Morgan fingerprint density at radius 2 is 2.33 bits per heavy atom. The minimum Gasteiger partial charge on any atom is -0.488 e. The smallest absolute Gasteiger partial charge is 0.339 e. The van der Waals surface area contributed by atoms with Crippen LogP contribution in [0.4, 0.5) is 0 Å². The van der Waals surface area contributed by atoms with Gasteiger partial charge in [0.2, 0.25) is 0 Å². The van der Waals surface area contributed by atoms with Crippen LogP contribution in [0.15, 0.2) is 22.9 Å².